The number of carbonyl (C=O) groups excluding carboxylic acids is 2. The molecule has 156 valence electrons. The number of anilines is 1. The van der Waals surface area contributed by atoms with Gasteiger partial charge in [0.05, 0.1) is 25.8 Å². The smallest absolute Gasteiger partial charge is 0.238 e. The Hall–Kier alpha value is -1.67. The van der Waals surface area contributed by atoms with Gasteiger partial charge in [-0.25, -0.2) is 0 Å². The average Bonchev–Trinajstić information content (AvgIpc) is 2.59. The quantitative estimate of drug-likeness (QED) is 0.648. The molecule has 0 saturated carbocycles. The minimum atomic E-state index is -0.197. The number of ether oxygens (including phenoxy) is 1. The molecule has 1 unspecified atom stereocenters. The Morgan fingerprint density at radius 1 is 1.32 bits per heavy atom. The maximum atomic E-state index is 12.2. The zero-order chi connectivity index (χ0) is 20.5. The molecule has 1 atom stereocenters. The highest BCUT2D eigenvalue weighted by Crippen LogP contribution is 2.14. The van der Waals surface area contributed by atoms with Gasteiger partial charge in [-0.05, 0) is 31.2 Å². The first-order valence-electron chi connectivity index (χ1n) is 9.66. The second-order valence-corrected chi connectivity index (χ2v) is 8.12. The number of benzene rings is 1. The van der Waals surface area contributed by atoms with E-state index in [1.54, 1.807) is 36.2 Å². The van der Waals surface area contributed by atoms with Gasteiger partial charge in [-0.15, -0.1) is 0 Å². The highest BCUT2D eigenvalue weighted by molar-refractivity contribution is 6.30. The summed E-state index contributed by atoms with van der Waals surface area (Å²) in [4.78, 5) is 28.3. The van der Waals surface area contributed by atoms with Crippen LogP contribution < -0.4 is 10.6 Å². The second kappa shape index (κ2) is 11.4. The van der Waals surface area contributed by atoms with Crippen LogP contribution in [0.1, 0.15) is 13.8 Å². The van der Waals surface area contributed by atoms with Crippen LogP contribution in [0.15, 0.2) is 24.3 Å². The van der Waals surface area contributed by atoms with Gasteiger partial charge in [0.1, 0.15) is 0 Å². The van der Waals surface area contributed by atoms with E-state index in [0.29, 0.717) is 29.8 Å². The molecular formula is C20H31ClN4O3. The lowest BCUT2D eigenvalue weighted by Crippen LogP contribution is -2.49. The lowest BCUT2D eigenvalue weighted by Gasteiger charge is -2.34. The fourth-order valence-electron chi connectivity index (χ4n) is 3.18. The highest BCUT2D eigenvalue weighted by atomic mass is 35.5. The fourth-order valence-corrected chi connectivity index (χ4v) is 3.37. The Labute approximate surface area is 172 Å². The molecule has 2 amide bonds. The summed E-state index contributed by atoms with van der Waals surface area (Å²) in [5, 5.41) is 6.23. The predicted molar refractivity (Wildman–Crippen MR) is 112 cm³/mol. The number of morpholine rings is 1. The van der Waals surface area contributed by atoms with E-state index in [1.807, 2.05) is 0 Å². The number of nitrogens with zero attached hydrogens (tertiary/aromatic N) is 2. The van der Waals surface area contributed by atoms with Crippen molar-refractivity contribution in [3.05, 3.63) is 29.3 Å². The summed E-state index contributed by atoms with van der Waals surface area (Å²) >= 11 is 5.91. The van der Waals surface area contributed by atoms with Gasteiger partial charge in [-0.3, -0.25) is 19.4 Å². The summed E-state index contributed by atoms with van der Waals surface area (Å²) in [5.74, 6) is 0.292. The summed E-state index contributed by atoms with van der Waals surface area (Å²) in [6.45, 7) is 8.64. The summed E-state index contributed by atoms with van der Waals surface area (Å²) in [6.07, 6.45) is 0.00730. The molecule has 0 radical (unpaired) electrons. The number of amides is 2. The van der Waals surface area contributed by atoms with Crippen LogP contribution in [0.5, 0.6) is 0 Å². The van der Waals surface area contributed by atoms with Gasteiger partial charge < -0.3 is 15.4 Å². The van der Waals surface area contributed by atoms with Gasteiger partial charge >= 0.3 is 0 Å². The average molecular weight is 411 g/mol. The number of halogens is 1. The van der Waals surface area contributed by atoms with Crippen molar-refractivity contribution in [3.8, 4) is 0 Å². The Morgan fingerprint density at radius 3 is 2.79 bits per heavy atom. The number of rotatable bonds is 9. The van der Waals surface area contributed by atoms with E-state index in [-0.39, 0.29) is 31.0 Å². The van der Waals surface area contributed by atoms with Crippen molar-refractivity contribution < 1.29 is 14.3 Å². The van der Waals surface area contributed by atoms with Crippen LogP contribution in [0.4, 0.5) is 5.69 Å². The first kappa shape index (κ1) is 22.6. The van der Waals surface area contributed by atoms with Crippen molar-refractivity contribution in [1.82, 2.24) is 15.1 Å². The van der Waals surface area contributed by atoms with Crippen molar-refractivity contribution in [1.29, 1.82) is 0 Å². The van der Waals surface area contributed by atoms with Crippen molar-refractivity contribution in [2.75, 3.05) is 58.2 Å². The number of likely N-dealkylation sites (N-methyl/N-ethyl adjacent to an activating group) is 1. The molecule has 0 bridgehead atoms. The molecule has 28 heavy (non-hydrogen) atoms. The molecule has 0 aliphatic carbocycles. The molecule has 2 rings (SSSR count). The van der Waals surface area contributed by atoms with Crippen LogP contribution in [-0.4, -0.2) is 80.6 Å². The van der Waals surface area contributed by atoms with Gasteiger partial charge in [0.25, 0.3) is 0 Å². The van der Waals surface area contributed by atoms with E-state index < -0.39 is 0 Å². The molecular weight excluding hydrogens is 380 g/mol. The van der Waals surface area contributed by atoms with Crippen LogP contribution in [-0.2, 0) is 14.3 Å². The maximum absolute atomic E-state index is 12.2. The zero-order valence-corrected chi connectivity index (χ0v) is 17.7. The number of hydrogen-bond acceptors (Lipinski definition) is 5. The predicted octanol–water partition coefficient (Wildman–Crippen LogP) is 1.68. The van der Waals surface area contributed by atoms with Crippen LogP contribution in [0.25, 0.3) is 0 Å². The summed E-state index contributed by atoms with van der Waals surface area (Å²) in [7, 11) is 1.73. The Morgan fingerprint density at radius 2 is 2.07 bits per heavy atom. The molecule has 1 heterocycles. The third-order valence-electron chi connectivity index (χ3n) is 4.31. The minimum Gasteiger partial charge on any atom is -0.374 e. The Bertz CT molecular complexity index is 656. The Kier molecular flexibility index (Phi) is 9.18. The van der Waals surface area contributed by atoms with Gasteiger partial charge in [0.15, 0.2) is 0 Å². The number of nitrogens with one attached hydrogen (secondary N) is 2. The molecule has 1 fully saturated rings. The van der Waals surface area contributed by atoms with Crippen molar-refractivity contribution in [3.63, 3.8) is 0 Å². The molecule has 2 N–H and O–H groups in total. The van der Waals surface area contributed by atoms with E-state index in [2.05, 4.69) is 29.4 Å². The molecule has 0 spiro atoms. The normalized spacial score (nSPS) is 17.7. The van der Waals surface area contributed by atoms with E-state index in [4.69, 9.17) is 16.3 Å². The van der Waals surface area contributed by atoms with E-state index >= 15 is 0 Å². The van der Waals surface area contributed by atoms with E-state index in [9.17, 15) is 9.59 Å². The van der Waals surface area contributed by atoms with Crippen LogP contribution in [0.2, 0.25) is 5.02 Å². The summed E-state index contributed by atoms with van der Waals surface area (Å²) in [6, 6.07) is 6.96. The van der Waals surface area contributed by atoms with Crippen molar-refractivity contribution in [2.45, 2.75) is 20.0 Å². The molecule has 1 aliphatic heterocycles. The maximum Gasteiger partial charge on any atom is 0.238 e. The van der Waals surface area contributed by atoms with Gasteiger partial charge in [-0.1, -0.05) is 31.5 Å². The fraction of sp³-hybridized carbons (Fsp3) is 0.600. The zero-order valence-electron chi connectivity index (χ0n) is 16.9. The van der Waals surface area contributed by atoms with Gasteiger partial charge in [0, 0.05) is 36.9 Å². The van der Waals surface area contributed by atoms with Crippen molar-refractivity contribution >= 4 is 29.1 Å². The minimum absolute atomic E-state index is 0.00730. The SMILES string of the molecule is CC(C)CN1CCOC(CNC(=O)CN(C)CC(=O)Nc2cccc(Cl)c2)C1. The van der Waals surface area contributed by atoms with Crippen LogP contribution in [0.3, 0.4) is 0 Å². The van der Waals surface area contributed by atoms with Crippen molar-refractivity contribution in [2.24, 2.45) is 5.92 Å². The lowest BCUT2D eigenvalue weighted by molar-refractivity contribution is -0.124. The van der Waals surface area contributed by atoms with Crippen LogP contribution >= 0.6 is 11.6 Å². The molecule has 1 aromatic rings. The first-order chi connectivity index (χ1) is 13.3. The third kappa shape index (κ3) is 8.56. The summed E-state index contributed by atoms with van der Waals surface area (Å²) in [5.41, 5.74) is 0.635. The highest BCUT2D eigenvalue weighted by Gasteiger charge is 2.21. The van der Waals surface area contributed by atoms with E-state index in [1.165, 1.54) is 0 Å². The first-order valence-corrected chi connectivity index (χ1v) is 10.0. The van der Waals surface area contributed by atoms with Gasteiger partial charge in [0.2, 0.25) is 11.8 Å². The monoisotopic (exact) mass is 410 g/mol. The third-order valence-corrected chi connectivity index (χ3v) is 4.54. The largest absolute Gasteiger partial charge is 0.374 e. The molecule has 7 nitrogen and oxygen atoms in total. The lowest BCUT2D eigenvalue weighted by atomic mass is 10.2. The van der Waals surface area contributed by atoms with E-state index in [0.717, 1.165) is 19.6 Å². The second-order valence-electron chi connectivity index (χ2n) is 7.68. The van der Waals surface area contributed by atoms with Crippen LogP contribution in [0, 0.1) is 5.92 Å². The Balaban J connectivity index is 1.67. The number of carbonyl (C=O) groups is 2. The topological polar surface area (TPSA) is 73.9 Å². The molecule has 0 aromatic heterocycles. The van der Waals surface area contributed by atoms with Gasteiger partial charge in [-0.2, -0.15) is 0 Å². The number of hydrogen-bond donors (Lipinski definition) is 2. The molecule has 1 aromatic carbocycles. The summed E-state index contributed by atoms with van der Waals surface area (Å²) < 4.78 is 5.74. The molecule has 1 aliphatic rings. The molecule has 1 saturated heterocycles. The molecule has 8 heteroatoms. The standard InChI is InChI=1S/C20H31ClN4O3/c1-15(2)11-25-7-8-28-18(12-25)10-22-19(26)13-24(3)14-20(27)23-17-6-4-5-16(21)9-17/h4-6,9,15,18H,7-8,10-14H2,1-3H3,(H,22,26)(H,23,27).